The third-order valence-electron chi connectivity index (χ3n) is 3.23. The molecule has 0 bridgehead atoms. The van der Waals surface area contributed by atoms with Crippen molar-refractivity contribution in [2.75, 3.05) is 13.2 Å². The lowest BCUT2D eigenvalue weighted by molar-refractivity contribution is 0.114. The van der Waals surface area contributed by atoms with Crippen molar-refractivity contribution < 1.29 is 14.6 Å². The minimum atomic E-state index is -1.01. The first-order valence-corrected chi connectivity index (χ1v) is 6.81. The number of thiazole rings is 1. The Kier molecular flexibility index (Phi) is 4.29. The van der Waals surface area contributed by atoms with Crippen molar-refractivity contribution in [2.45, 2.75) is 18.8 Å². The van der Waals surface area contributed by atoms with Crippen LogP contribution in [0, 0.1) is 12.7 Å². The zero-order chi connectivity index (χ0) is 13.9. The zero-order valence-corrected chi connectivity index (χ0v) is 11.5. The van der Waals surface area contributed by atoms with Gasteiger partial charge < -0.3 is 10.2 Å². The first-order chi connectivity index (χ1) is 9.11. The predicted octanol–water partition coefficient (Wildman–Crippen LogP) is 2.06. The summed E-state index contributed by atoms with van der Waals surface area (Å²) in [6, 6.07) is 6.24. The number of aliphatic hydroxyl groups is 2. The highest BCUT2D eigenvalue weighted by molar-refractivity contribution is 7.11. The summed E-state index contributed by atoms with van der Waals surface area (Å²) in [6.45, 7) is 1.25. The van der Waals surface area contributed by atoms with Gasteiger partial charge in [-0.15, -0.1) is 11.3 Å². The van der Waals surface area contributed by atoms with Gasteiger partial charge in [-0.3, -0.25) is 0 Å². The highest BCUT2D eigenvalue weighted by Gasteiger charge is 2.34. The van der Waals surface area contributed by atoms with Crippen LogP contribution in [0.1, 0.15) is 15.4 Å². The van der Waals surface area contributed by atoms with Crippen molar-refractivity contribution >= 4 is 11.3 Å². The summed E-state index contributed by atoms with van der Waals surface area (Å²) in [5.74, 6) is -0.410. The first kappa shape index (κ1) is 14.1. The maximum atomic E-state index is 13.9. The molecule has 1 aromatic carbocycles. The van der Waals surface area contributed by atoms with Crippen molar-refractivity contribution in [3.8, 4) is 0 Å². The summed E-state index contributed by atoms with van der Waals surface area (Å²) < 4.78 is 13.9. The quantitative estimate of drug-likeness (QED) is 0.882. The summed E-state index contributed by atoms with van der Waals surface area (Å²) >= 11 is 1.49. The van der Waals surface area contributed by atoms with Gasteiger partial charge in [-0.25, -0.2) is 9.37 Å². The molecule has 3 nitrogen and oxygen atoms in total. The molecule has 102 valence electrons. The lowest BCUT2D eigenvalue weighted by Gasteiger charge is -2.30. The average molecular weight is 281 g/mol. The maximum Gasteiger partial charge on any atom is 0.127 e. The van der Waals surface area contributed by atoms with E-state index in [4.69, 9.17) is 0 Å². The molecule has 0 atom stereocenters. The van der Waals surface area contributed by atoms with E-state index in [9.17, 15) is 14.6 Å². The number of aliphatic hydroxyl groups excluding tert-OH is 2. The Hall–Kier alpha value is -1.30. The highest BCUT2D eigenvalue weighted by atomic mass is 32.1. The number of halogens is 1. The van der Waals surface area contributed by atoms with E-state index in [-0.39, 0.29) is 13.2 Å². The van der Waals surface area contributed by atoms with E-state index < -0.39 is 11.2 Å². The largest absolute Gasteiger partial charge is 0.395 e. The average Bonchev–Trinajstić information content (AvgIpc) is 2.82. The monoisotopic (exact) mass is 281 g/mol. The smallest absolute Gasteiger partial charge is 0.127 e. The fourth-order valence-electron chi connectivity index (χ4n) is 2.14. The molecule has 0 amide bonds. The van der Waals surface area contributed by atoms with Gasteiger partial charge in [-0.1, -0.05) is 18.2 Å². The molecule has 2 rings (SSSR count). The van der Waals surface area contributed by atoms with Crippen LogP contribution in [0.15, 0.2) is 30.5 Å². The summed E-state index contributed by atoms with van der Waals surface area (Å²) in [4.78, 5) is 5.07. The molecule has 2 aromatic rings. The minimum Gasteiger partial charge on any atom is -0.395 e. The van der Waals surface area contributed by atoms with Crippen molar-refractivity contribution in [3.05, 3.63) is 51.7 Å². The van der Waals surface area contributed by atoms with Crippen LogP contribution < -0.4 is 0 Å². The third kappa shape index (κ3) is 2.83. The van der Waals surface area contributed by atoms with E-state index in [2.05, 4.69) is 4.98 Å². The molecule has 0 spiro atoms. The van der Waals surface area contributed by atoms with E-state index in [1.54, 1.807) is 24.4 Å². The molecule has 0 saturated heterocycles. The van der Waals surface area contributed by atoms with Gasteiger partial charge in [0.2, 0.25) is 0 Å². The summed E-state index contributed by atoms with van der Waals surface area (Å²) in [5, 5.41) is 20.3. The summed E-state index contributed by atoms with van der Waals surface area (Å²) in [5.41, 5.74) is -0.671. The predicted molar refractivity (Wildman–Crippen MR) is 72.8 cm³/mol. The molecular formula is C14H16FNO2S. The van der Waals surface area contributed by atoms with Crippen LogP contribution in [-0.2, 0) is 11.8 Å². The Bertz CT molecular complexity index is 552. The van der Waals surface area contributed by atoms with Crippen LogP contribution in [-0.4, -0.2) is 28.4 Å². The number of hydrogen-bond acceptors (Lipinski definition) is 4. The van der Waals surface area contributed by atoms with Gasteiger partial charge in [-0.2, -0.15) is 0 Å². The van der Waals surface area contributed by atoms with Gasteiger partial charge >= 0.3 is 0 Å². The van der Waals surface area contributed by atoms with Crippen molar-refractivity contribution in [3.63, 3.8) is 0 Å². The Labute approximate surface area is 115 Å². The second kappa shape index (κ2) is 5.77. The molecule has 5 heteroatoms. The summed E-state index contributed by atoms with van der Waals surface area (Å²) in [7, 11) is 0. The number of benzene rings is 1. The lowest BCUT2D eigenvalue weighted by atomic mass is 9.78. The minimum absolute atomic E-state index is 0.318. The van der Waals surface area contributed by atoms with Crippen LogP contribution in [0.4, 0.5) is 4.39 Å². The van der Waals surface area contributed by atoms with Crippen molar-refractivity contribution in [1.82, 2.24) is 4.98 Å². The van der Waals surface area contributed by atoms with E-state index in [1.165, 1.54) is 17.4 Å². The molecule has 0 aliphatic heterocycles. The number of hydrogen-bond donors (Lipinski definition) is 2. The number of nitrogens with zero attached hydrogens (tertiary/aromatic N) is 1. The van der Waals surface area contributed by atoms with Gasteiger partial charge in [0, 0.05) is 16.5 Å². The lowest BCUT2D eigenvalue weighted by Crippen LogP contribution is -2.38. The fourth-order valence-corrected chi connectivity index (χ4v) is 3.08. The number of aromatic nitrogens is 1. The second-order valence-electron chi connectivity index (χ2n) is 4.60. The molecule has 1 heterocycles. The molecule has 1 aromatic heterocycles. The van der Waals surface area contributed by atoms with Gasteiger partial charge in [0.25, 0.3) is 0 Å². The van der Waals surface area contributed by atoms with Gasteiger partial charge in [-0.05, 0) is 25.0 Å². The molecule has 0 saturated carbocycles. The molecule has 0 fully saturated rings. The van der Waals surface area contributed by atoms with Crippen LogP contribution in [0.5, 0.6) is 0 Å². The topological polar surface area (TPSA) is 53.4 Å². The highest BCUT2D eigenvalue weighted by Crippen LogP contribution is 2.31. The standard InChI is InChI=1S/C14H16FNO2S/c1-10-16-7-11(19-10)6-14(8-17,9-18)12-4-2-3-5-13(12)15/h2-5,7,17-18H,6,8-9H2,1H3. The van der Waals surface area contributed by atoms with E-state index in [0.717, 1.165) is 9.88 Å². The van der Waals surface area contributed by atoms with Crippen LogP contribution in [0.3, 0.4) is 0 Å². The zero-order valence-electron chi connectivity index (χ0n) is 10.6. The van der Waals surface area contributed by atoms with Gasteiger partial charge in [0.15, 0.2) is 0 Å². The maximum absolute atomic E-state index is 13.9. The molecule has 0 aliphatic rings. The molecule has 0 aliphatic carbocycles. The SMILES string of the molecule is Cc1ncc(CC(CO)(CO)c2ccccc2F)s1. The van der Waals surface area contributed by atoms with Gasteiger partial charge in [0.05, 0.1) is 18.2 Å². The van der Waals surface area contributed by atoms with Crippen molar-refractivity contribution in [2.24, 2.45) is 0 Å². The molecule has 0 radical (unpaired) electrons. The molecule has 2 N–H and O–H groups in total. The Balaban J connectivity index is 2.40. The van der Waals surface area contributed by atoms with E-state index >= 15 is 0 Å². The number of rotatable bonds is 5. The molecule has 0 unspecified atom stereocenters. The Morgan fingerprint density at radius 2 is 1.95 bits per heavy atom. The van der Waals surface area contributed by atoms with E-state index in [0.29, 0.717) is 12.0 Å². The van der Waals surface area contributed by atoms with Crippen molar-refractivity contribution in [1.29, 1.82) is 0 Å². The fraction of sp³-hybridized carbons (Fsp3) is 0.357. The number of aryl methyl sites for hydroxylation is 1. The normalized spacial score (nSPS) is 11.8. The van der Waals surface area contributed by atoms with Gasteiger partial charge in [0.1, 0.15) is 5.82 Å². The molecule has 19 heavy (non-hydrogen) atoms. The Morgan fingerprint density at radius 3 is 2.47 bits per heavy atom. The second-order valence-corrected chi connectivity index (χ2v) is 5.92. The third-order valence-corrected chi connectivity index (χ3v) is 4.15. The Morgan fingerprint density at radius 1 is 1.26 bits per heavy atom. The van der Waals surface area contributed by atoms with Crippen LogP contribution >= 0.6 is 11.3 Å². The van der Waals surface area contributed by atoms with Crippen LogP contribution in [0.2, 0.25) is 0 Å². The summed E-state index contributed by atoms with van der Waals surface area (Å²) in [6.07, 6.45) is 2.08. The first-order valence-electron chi connectivity index (χ1n) is 5.99. The molecular weight excluding hydrogens is 265 g/mol. The van der Waals surface area contributed by atoms with E-state index in [1.807, 2.05) is 6.92 Å². The van der Waals surface area contributed by atoms with Crippen LogP contribution in [0.25, 0.3) is 0 Å².